The van der Waals surface area contributed by atoms with Crippen LogP contribution < -0.4 is 10.6 Å². The lowest BCUT2D eigenvalue weighted by Gasteiger charge is -2.36. The Morgan fingerprint density at radius 2 is 1.92 bits per heavy atom. The highest BCUT2D eigenvalue weighted by molar-refractivity contribution is 5.84. The second-order valence-corrected chi connectivity index (χ2v) is 6.79. The van der Waals surface area contributed by atoms with E-state index in [-0.39, 0.29) is 5.91 Å². The maximum atomic E-state index is 13.1. The zero-order valence-electron chi connectivity index (χ0n) is 14.7. The van der Waals surface area contributed by atoms with Crippen LogP contribution in [-0.4, -0.2) is 28.8 Å². The molecule has 1 amide bonds. The molecule has 1 aliphatic heterocycles. The van der Waals surface area contributed by atoms with Crippen LogP contribution >= 0.6 is 0 Å². The van der Waals surface area contributed by atoms with Crippen molar-refractivity contribution in [3.8, 4) is 0 Å². The molecular formula is C19H26N4O. The third-order valence-electron chi connectivity index (χ3n) is 5.06. The van der Waals surface area contributed by atoms with Crippen LogP contribution in [0.3, 0.4) is 0 Å². The van der Waals surface area contributed by atoms with Crippen LogP contribution in [0.2, 0.25) is 0 Å². The van der Waals surface area contributed by atoms with Crippen molar-refractivity contribution in [1.29, 1.82) is 0 Å². The quantitative estimate of drug-likeness (QED) is 0.905. The number of aryl methyl sites for hydroxylation is 3. The fourth-order valence-corrected chi connectivity index (χ4v) is 3.74. The Morgan fingerprint density at radius 1 is 1.25 bits per heavy atom. The fraction of sp³-hybridized carbons (Fsp3) is 0.474. The van der Waals surface area contributed by atoms with E-state index in [1.807, 2.05) is 16.9 Å². The lowest BCUT2D eigenvalue weighted by atomic mass is 9.87. The molecular weight excluding hydrogens is 300 g/mol. The molecule has 0 atom stereocenters. The van der Waals surface area contributed by atoms with Crippen molar-refractivity contribution in [2.45, 2.75) is 45.7 Å². The van der Waals surface area contributed by atoms with Crippen LogP contribution in [-0.2, 0) is 16.9 Å². The van der Waals surface area contributed by atoms with E-state index in [9.17, 15) is 4.79 Å². The van der Waals surface area contributed by atoms with Crippen LogP contribution in [0.1, 0.15) is 35.1 Å². The Labute approximate surface area is 143 Å². The van der Waals surface area contributed by atoms with Crippen molar-refractivity contribution < 1.29 is 4.79 Å². The van der Waals surface area contributed by atoms with Crippen LogP contribution in [0, 0.1) is 20.8 Å². The van der Waals surface area contributed by atoms with E-state index < -0.39 is 5.54 Å². The van der Waals surface area contributed by atoms with Crippen molar-refractivity contribution in [3.05, 3.63) is 52.8 Å². The summed E-state index contributed by atoms with van der Waals surface area (Å²) in [6.45, 7) is 8.54. The van der Waals surface area contributed by atoms with Gasteiger partial charge in [0.25, 0.3) is 0 Å². The molecule has 5 heteroatoms. The van der Waals surface area contributed by atoms with Crippen molar-refractivity contribution in [3.63, 3.8) is 0 Å². The Hall–Kier alpha value is -2.14. The molecule has 24 heavy (non-hydrogen) atoms. The van der Waals surface area contributed by atoms with Gasteiger partial charge in [-0.2, -0.15) is 5.10 Å². The molecule has 0 unspecified atom stereocenters. The van der Waals surface area contributed by atoms with Gasteiger partial charge in [-0.25, -0.2) is 0 Å². The molecule has 0 spiro atoms. The van der Waals surface area contributed by atoms with Gasteiger partial charge in [-0.05, 0) is 69.5 Å². The molecule has 0 saturated carbocycles. The maximum absolute atomic E-state index is 13.1. The zero-order chi connectivity index (χ0) is 17.2. The predicted octanol–water partition coefficient (Wildman–Crippen LogP) is 2.20. The van der Waals surface area contributed by atoms with Crippen molar-refractivity contribution >= 4 is 5.91 Å². The first kappa shape index (κ1) is 16.7. The topological polar surface area (TPSA) is 59.0 Å². The monoisotopic (exact) mass is 326 g/mol. The van der Waals surface area contributed by atoms with Gasteiger partial charge in [0.2, 0.25) is 5.91 Å². The minimum atomic E-state index is -0.582. The predicted molar refractivity (Wildman–Crippen MR) is 94.8 cm³/mol. The first-order chi connectivity index (χ1) is 11.5. The molecule has 128 valence electrons. The van der Waals surface area contributed by atoms with E-state index in [4.69, 9.17) is 0 Å². The molecule has 0 radical (unpaired) electrons. The summed E-state index contributed by atoms with van der Waals surface area (Å²) in [5, 5.41) is 10.9. The standard InChI is InChI=1S/C19H26N4O/c1-14-11-15(2)17(16(3)12-14)13-21-18(24)19(5-8-20-9-6-19)23-10-4-7-22-23/h4,7,10-12,20H,5-6,8-9,13H2,1-3H3,(H,21,24). The lowest BCUT2D eigenvalue weighted by Crippen LogP contribution is -2.54. The number of aromatic nitrogens is 2. The highest BCUT2D eigenvalue weighted by atomic mass is 16.2. The minimum absolute atomic E-state index is 0.0621. The smallest absolute Gasteiger partial charge is 0.248 e. The number of piperidine rings is 1. The third kappa shape index (κ3) is 3.08. The molecule has 5 nitrogen and oxygen atoms in total. The Bertz CT molecular complexity index is 692. The highest BCUT2D eigenvalue weighted by Crippen LogP contribution is 2.27. The normalized spacial score (nSPS) is 16.8. The number of carbonyl (C=O) groups is 1. The number of carbonyl (C=O) groups excluding carboxylic acids is 1. The highest BCUT2D eigenvalue weighted by Gasteiger charge is 2.41. The van der Waals surface area contributed by atoms with Crippen LogP contribution in [0.15, 0.2) is 30.6 Å². The first-order valence-corrected chi connectivity index (χ1v) is 8.59. The second kappa shape index (κ2) is 6.77. The number of hydrogen-bond acceptors (Lipinski definition) is 3. The molecule has 1 aliphatic rings. The van der Waals surface area contributed by atoms with Gasteiger partial charge in [-0.15, -0.1) is 0 Å². The number of hydrogen-bond donors (Lipinski definition) is 2. The molecule has 1 fully saturated rings. The van der Waals surface area contributed by atoms with E-state index in [1.165, 1.54) is 22.3 Å². The maximum Gasteiger partial charge on any atom is 0.248 e. The van der Waals surface area contributed by atoms with Crippen molar-refractivity contribution in [2.75, 3.05) is 13.1 Å². The molecule has 0 aliphatic carbocycles. The minimum Gasteiger partial charge on any atom is -0.350 e. The van der Waals surface area contributed by atoms with E-state index >= 15 is 0 Å². The summed E-state index contributed by atoms with van der Waals surface area (Å²) in [5.41, 5.74) is 4.34. The van der Waals surface area contributed by atoms with E-state index in [1.54, 1.807) is 6.20 Å². The average Bonchev–Trinajstić information content (AvgIpc) is 3.09. The summed E-state index contributed by atoms with van der Waals surface area (Å²) in [5.74, 6) is 0.0621. The van der Waals surface area contributed by atoms with Gasteiger partial charge in [0.05, 0.1) is 0 Å². The molecule has 2 aromatic rings. The number of rotatable bonds is 4. The summed E-state index contributed by atoms with van der Waals surface area (Å²) in [7, 11) is 0. The van der Waals surface area contributed by atoms with Crippen molar-refractivity contribution in [1.82, 2.24) is 20.4 Å². The van der Waals surface area contributed by atoms with Gasteiger partial charge >= 0.3 is 0 Å². The van der Waals surface area contributed by atoms with Crippen LogP contribution in [0.25, 0.3) is 0 Å². The van der Waals surface area contributed by atoms with Gasteiger partial charge in [-0.1, -0.05) is 17.7 Å². The largest absolute Gasteiger partial charge is 0.350 e. The number of benzene rings is 1. The van der Waals surface area contributed by atoms with E-state index in [0.29, 0.717) is 6.54 Å². The summed E-state index contributed by atoms with van der Waals surface area (Å²) in [6, 6.07) is 6.22. The third-order valence-corrected chi connectivity index (χ3v) is 5.06. The van der Waals surface area contributed by atoms with Crippen molar-refractivity contribution in [2.24, 2.45) is 0 Å². The SMILES string of the molecule is Cc1cc(C)c(CNC(=O)C2(n3cccn3)CCNCC2)c(C)c1. The number of nitrogens with one attached hydrogen (secondary N) is 2. The molecule has 2 N–H and O–H groups in total. The Balaban J connectivity index is 1.80. The van der Waals surface area contributed by atoms with Gasteiger partial charge in [0.1, 0.15) is 5.54 Å². The van der Waals surface area contributed by atoms with Crippen LogP contribution in [0.4, 0.5) is 0 Å². The van der Waals surface area contributed by atoms with E-state index in [0.717, 1.165) is 25.9 Å². The summed E-state index contributed by atoms with van der Waals surface area (Å²) in [6.07, 6.45) is 5.15. The Kier molecular flexibility index (Phi) is 4.71. The van der Waals surface area contributed by atoms with E-state index in [2.05, 4.69) is 48.6 Å². The number of nitrogens with zero attached hydrogens (tertiary/aromatic N) is 2. The average molecular weight is 326 g/mol. The second-order valence-electron chi connectivity index (χ2n) is 6.79. The molecule has 3 rings (SSSR count). The zero-order valence-corrected chi connectivity index (χ0v) is 14.7. The van der Waals surface area contributed by atoms with Gasteiger partial charge < -0.3 is 10.6 Å². The Morgan fingerprint density at radius 3 is 2.50 bits per heavy atom. The molecule has 1 aromatic heterocycles. The number of amides is 1. The van der Waals surface area contributed by atoms with Crippen LogP contribution in [0.5, 0.6) is 0 Å². The molecule has 1 saturated heterocycles. The molecule has 1 aromatic carbocycles. The molecule has 0 bridgehead atoms. The lowest BCUT2D eigenvalue weighted by molar-refractivity contribution is -0.132. The fourth-order valence-electron chi connectivity index (χ4n) is 3.74. The van der Waals surface area contributed by atoms with Gasteiger partial charge in [0, 0.05) is 18.9 Å². The summed E-state index contributed by atoms with van der Waals surface area (Å²) < 4.78 is 1.83. The summed E-state index contributed by atoms with van der Waals surface area (Å²) in [4.78, 5) is 13.1. The molecule has 2 heterocycles. The van der Waals surface area contributed by atoms with Gasteiger partial charge in [0.15, 0.2) is 0 Å². The summed E-state index contributed by atoms with van der Waals surface area (Å²) >= 11 is 0. The first-order valence-electron chi connectivity index (χ1n) is 8.59. The van der Waals surface area contributed by atoms with Gasteiger partial charge in [-0.3, -0.25) is 9.48 Å².